The van der Waals surface area contributed by atoms with E-state index >= 15 is 0 Å². The number of aromatic nitrogens is 1. The van der Waals surface area contributed by atoms with Gasteiger partial charge in [-0.1, -0.05) is 0 Å². The summed E-state index contributed by atoms with van der Waals surface area (Å²) in [7, 11) is 0. The molecule has 0 bridgehead atoms. The molecular weight excluding hydrogens is 313 g/mol. The van der Waals surface area contributed by atoms with Crippen LogP contribution < -0.4 is 16.5 Å². The number of hydrogen-bond donors (Lipinski definition) is 3. The maximum absolute atomic E-state index is 14.7. The molecule has 7 heteroatoms. The molecular formula is C17H18FN3O3. The Kier molecular flexibility index (Phi) is 3.35. The van der Waals surface area contributed by atoms with Crippen molar-refractivity contribution in [1.29, 1.82) is 0 Å². The largest absolute Gasteiger partial charge is 0.477 e. The highest BCUT2D eigenvalue weighted by Gasteiger charge is 2.31. The van der Waals surface area contributed by atoms with Crippen molar-refractivity contribution in [3.8, 4) is 0 Å². The van der Waals surface area contributed by atoms with Gasteiger partial charge in [-0.25, -0.2) is 9.18 Å². The number of hydrogen-bond acceptors (Lipinski definition) is 4. The lowest BCUT2D eigenvalue weighted by molar-refractivity contribution is 0.0695. The summed E-state index contributed by atoms with van der Waals surface area (Å²) in [5, 5.41) is 12.5. The Balaban J connectivity index is 2.07. The molecule has 4 N–H and O–H groups in total. The van der Waals surface area contributed by atoms with Crippen molar-refractivity contribution in [2.24, 2.45) is 0 Å². The quantitative estimate of drug-likeness (QED) is 0.746. The second kappa shape index (κ2) is 5.31. The van der Waals surface area contributed by atoms with Crippen LogP contribution in [0.4, 0.5) is 10.1 Å². The maximum Gasteiger partial charge on any atom is 0.341 e. The molecule has 2 aliphatic rings. The number of fused-ring (bicyclic) bond motifs is 1. The van der Waals surface area contributed by atoms with Crippen molar-refractivity contribution >= 4 is 22.6 Å². The number of aromatic carboxylic acids is 1. The summed E-state index contributed by atoms with van der Waals surface area (Å²) >= 11 is 0. The number of carboxylic acids is 1. The fraction of sp³-hybridized carbons (Fsp3) is 0.412. The predicted molar refractivity (Wildman–Crippen MR) is 88.0 cm³/mol. The average molecular weight is 331 g/mol. The number of nitrogens with zero attached hydrogens (tertiary/aromatic N) is 1. The molecule has 1 unspecified atom stereocenters. The van der Waals surface area contributed by atoms with Gasteiger partial charge in [-0.05, 0) is 31.9 Å². The highest BCUT2D eigenvalue weighted by atomic mass is 19.1. The standard InChI is InChI=1S/C17H18FN3O3/c18-12-5-10-15(14(19)13(12)8-3-4-20-6-8)21(9-1-2-9)7-11(16(10)22)17(23)24/h5,7-9,20H,1-4,6,19H2,(H,23,24). The molecule has 0 spiro atoms. The number of benzene rings is 1. The Hall–Kier alpha value is -2.41. The highest BCUT2D eigenvalue weighted by molar-refractivity contribution is 5.97. The zero-order valence-corrected chi connectivity index (χ0v) is 13.0. The molecule has 1 atom stereocenters. The third-order valence-corrected chi connectivity index (χ3v) is 4.98. The Morgan fingerprint density at radius 2 is 2.12 bits per heavy atom. The molecule has 1 aromatic carbocycles. The number of rotatable bonds is 3. The molecule has 4 rings (SSSR count). The highest BCUT2D eigenvalue weighted by Crippen LogP contribution is 2.41. The first-order valence-electron chi connectivity index (χ1n) is 8.09. The molecule has 6 nitrogen and oxygen atoms in total. The van der Waals surface area contributed by atoms with Crippen molar-refractivity contribution in [3.63, 3.8) is 0 Å². The minimum atomic E-state index is -1.31. The molecule has 126 valence electrons. The van der Waals surface area contributed by atoms with Crippen LogP contribution in [0.2, 0.25) is 0 Å². The number of nitrogen functional groups attached to an aromatic ring is 1. The molecule has 2 fully saturated rings. The Morgan fingerprint density at radius 3 is 2.71 bits per heavy atom. The predicted octanol–water partition coefficient (Wildman–Crippen LogP) is 1.83. The molecule has 2 aromatic rings. The van der Waals surface area contributed by atoms with Crippen molar-refractivity contribution in [3.05, 3.63) is 39.4 Å². The van der Waals surface area contributed by atoms with Gasteiger partial charge < -0.3 is 20.7 Å². The first-order valence-corrected chi connectivity index (χ1v) is 8.09. The van der Waals surface area contributed by atoms with E-state index in [0.717, 1.165) is 31.9 Å². The molecule has 0 amide bonds. The van der Waals surface area contributed by atoms with Crippen LogP contribution in [0.5, 0.6) is 0 Å². The zero-order chi connectivity index (χ0) is 17.0. The Bertz CT molecular complexity index is 912. The van der Waals surface area contributed by atoms with Gasteiger partial charge in [-0.15, -0.1) is 0 Å². The first kappa shape index (κ1) is 15.1. The molecule has 1 aliphatic heterocycles. The van der Waals surface area contributed by atoms with Crippen molar-refractivity contribution < 1.29 is 14.3 Å². The van der Waals surface area contributed by atoms with Crippen LogP contribution in [-0.4, -0.2) is 28.7 Å². The van der Waals surface area contributed by atoms with E-state index in [1.54, 1.807) is 4.57 Å². The molecule has 0 radical (unpaired) electrons. The lowest BCUT2D eigenvalue weighted by Crippen LogP contribution is -2.21. The van der Waals surface area contributed by atoms with E-state index in [2.05, 4.69) is 5.32 Å². The minimum absolute atomic E-state index is 0.0312. The van der Waals surface area contributed by atoms with Gasteiger partial charge in [0.1, 0.15) is 11.4 Å². The van der Waals surface area contributed by atoms with Crippen LogP contribution in [0.25, 0.3) is 10.9 Å². The summed E-state index contributed by atoms with van der Waals surface area (Å²) in [6, 6.07) is 1.28. The van der Waals surface area contributed by atoms with E-state index in [4.69, 9.17) is 5.73 Å². The number of carboxylic acid groups (broad SMARTS) is 1. The molecule has 1 saturated carbocycles. The summed E-state index contributed by atoms with van der Waals surface area (Å²) in [6.07, 6.45) is 3.94. The minimum Gasteiger partial charge on any atom is -0.477 e. The fourth-order valence-corrected chi connectivity index (χ4v) is 3.64. The lowest BCUT2D eigenvalue weighted by atomic mass is 9.93. The van der Waals surface area contributed by atoms with Crippen molar-refractivity contribution in [1.82, 2.24) is 9.88 Å². The third-order valence-electron chi connectivity index (χ3n) is 4.98. The number of nitrogens with two attached hydrogens (primary N) is 1. The van der Waals surface area contributed by atoms with Crippen molar-refractivity contribution in [2.75, 3.05) is 18.8 Å². The summed E-state index contributed by atoms with van der Waals surface area (Å²) in [4.78, 5) is 23.8. The molecule has 2 heterocycles. The average Bonchev–Trinajstić information content (AvgIpc) is 3.24. The van der Waals surface area contributed by atoms with E-state index in [1.165, 1.54) is 6.20 Å². The molecule has 1 saturated heterocycles. The van der Waals surface area contributed by atoms with E-state index in [-0.39, 0.29) is 28.6 Å². The van der Waals surface area contributed by atoms with Gasteiger partial charge in [-0.2, -0.15) is 0 Å². The van der Waals surface area contributed by atoms with E-state index in [1.807, 2.05) is 0 Å². The SMILES string of the molecule is Nc1c(C2CCNC2)c(F)cc2c(=O)c(C(=O)O)cn(C3CC3)c12. The van der Waals surface area contributed by atoms with E-state index in [0.29, 0.717) is 17.6 Å². The van der Waals surface area contributed by atoms with Gasteiger partial charge in [0.15, 0.2) is 0 Å². The number of anilines is 1. The lowest BCUT2D eigenvalue weighted by Gasteiger charge is -2.19. The first-order chi connectivity index (χ1) is 11.5. The summed E-state index contributed by atoms with van der Waals surface area (Å²) in [5.74, 6) is -1.87. The van der Waals surface area contributed by atoms with E-state index < -0.39 is 17.2 Å². The molecule has 1 aliphatic carbocycles. The summed E-state index contributed by atoms with van der Waals surface area (Å²) in [6.45, 7) is 1.45. The second-order valence-corrected chi connectivity index (χ2v) is 6.59. The van der Waals surface area contributed by atoms with Gasteiger partial charge in [0.2, 0.25) is 5.43 Å². The van der Waals surface area contributed by atoms with Gasteiger partial charge >= 0.3 is 5.97 Å². The summed E-state index contributed by atoms with van der Waals surface area (Å²) in [5.41, 5.74) is 6.42. The third kappa shape index (κ3) is 2.19. The Labute approximate surface area is 137 Å². The second-order valence-electron chi connectivity index (χ2n) is 6.59. The number of halogens is 1. The van der Waals surface area contributed by atoms with Crippen LogP contribution in [0, 0.1) is 5.82 Å². The summed E-state index contributed by atoms with van der Waals surface area (Å²) < 4.78 is 16.4. The van der Waals surface area contributed by atoms with Gasteiger partial charge in [-0.3, -0.25) is 4.79 Å². The van der Waals surface area contributed by atoms with Gasteiger partial charge in [0.05, 0.1) is 16.6 Å². The topological polar surface area (TPSA) is 97.3 Å². The van der Waals surface area contributed by atoms with Crippen LogP contribution in [0.3, 0.4) is 0 Å². The van der Waals surface area contributed by atoms with Crippen LogP contribution >= 0.6 is 0 Å². The van der Waals surface area contributed by atoms with E-state index in [9.17, 15) is 19.1 Å². The van der Waals surface area contributed by atoms with Crippen LogP contribution in [0.1, 0.15) is 47.1 Å². The monoisotopic (exact) mass is 331 g/mol. The van der Waals surface area contributed by atoms with Gasteiger partial charge in [0.25, 0.3) is 0 Å². The normalized spacial score (nSPS) is 20.6. The number of carbonyl (C=O) groups is 1. The number of pyridine rings is 1. The maximum atomic E-state index is 14.7. The zero-order valence-electron chi connectivity index (χ0n) is 13.0. The van der Waals surface area contributed by atoms with Crippen LogP contribution in [0.15, 0.2) is 17.1 Å². The van der Waals surface area contributed by atoms with Gasteiger partial charge in [0, 0.05) is 30.3 Å². The molecule has 1 aromatic heterocycles. The smallest absolute Gasteiger partial charge is 0.341 e. The fourth-order valence-electron chi connectivity index (χ4n) is 3.64. The van der Waals surface area contributed by atoms with Crippen molar-refractivity contribution in [2.45, 2.75) is 31.2 Å². The molecule has 24 heavy (non-hydrogen) atoms. The Morgan fingerprint density at radius 1 is 1.38 bits per heavy atom. The van der Waals surface area contributed by atoms with Crippen LogP contribution in [-0.2, 0) is 0 Å². The number of nitrogens with one attached hydrogen (secondary N) is 1.